The van der Waals surface area contributed by atoms with Crippen LogP contribution in [0.3, 0.4) is 0 Å². The van der Waals surface area contributed by atoms with E-state index in [-0.39, 0.29) is 0 Å². The maximum atomic E-state index is 4.97. The number of anilines is 1. The van der Waals surface area contributed by atoms with Crippen LogP contribution in [0.1, 0.15) is 5.82 Å². The monoisotopic (exact) mass is 479 g/mol. The molecule has 7 aromatic rings. The molecule has 2 N–H and O–H groups in total. The molecular formula is C25H17N7S2. The predicted octanol–water partition coefficient (Wildman–Crippen LogP) is 6.25. The molecule has 0 fully saturated rings. The second-order valence-electron chi connectivity index (χ2n) is 7.86. The lowest BCUT2D eigenvalue weighted by atomic mass is 10.1. The predicted molar refractivity (Wildman–Crippen MR) is 139 cm³/mol. The summed E-state index contributed by atoms with van der Waals surface area (Å²) in [7, 11) is 0. The Morgan fingerprint density at radius 2 is 1.85 bits per heavy atom. The SMILES string of the molecule is c1ccc2[nH]c(CNc3nc(-c4csc5ccccc45)nc4c3ncn4-c3ccsc3)nc2c1. The minimum Gasteiger partial charge on any atom is -0.361 e. The van der Waals surface area contributed by atoms with Crippen LogP contribution in [-0.4, -0.2) is 29.5 Å². The molecule has 0 unspecified atom stereocenters. The standard InChI is InChI=1S/C25H17N7S2/c1-4-8-20-16(5-1)17(13-34-20)23-30-24(26-11-21-28-18-6-2-3-7-19(18)29-21)22-25(31-23)32(14-27-22)15-9-10-33-12-15/h1-10,12-14H,11H2,(H,28,29)(H,26,30,31). The quantitative estimate of drug-likeness (QED) is 0.305. The summed E-state index contributed by atoms with van der Waals surface area (Å²) in [4.78, 5) is 22.6. The lowest BCUT2D eigenvalue weighted by molar-refractivity contribution is 0.997. The van der Waals surface area contributed by atoms with Gasteiger partial charge in [0.05, 0.1) is 23.3 Å². The van der Waals surface area contributed by atoms with E-state index >= 15 is 0 Å². The number of aromatic nitrogens is 6. The molecule has 2 aromatic carbocycles. The fourth-order valence-corrected chi connectivity index (χ4v) is 5.70. The zero-order chi connectivity index (χ0) is 22.5. The average molecular weight is 480 g/mol. The van der Waals surface area contributed by atoms with Crippen LogP contribution in [0.2, 0.25) is 0 Å². The first-order valence-corrected chi connectivity index (χ1v) is 12.6. The highest BCUT2D eigenvalue weighted by molar-refractivity contribution is 7.17. The van der Waals surface area contributed by atoms with Gasteiger partial charge >= 0.3 is 0 Å². The van der Waals surface area contributed by atoms with Crippen LogP contribution in [0.15, 0.2) is 77.1 Å². The van der Waals surface area contributed by atoms with Crippen LogP contribution in [0.5, 0.6) is 0 Å². The Hall–Kier alpha value is -4.08. The summed E-state index contributed by atoms with van der Waals surface area (Å²) in [5.74, 6) is 2.20. The molecule has 7 nitrogen and oxygen atoms in total. The van der Waals surface area contributed by atoms with Gasteiger partial charge in [-0.05, 0) is 29.6 Å². The van der Waals surface area contributed by atoms with Crippen LogP contribution in [0, 0.1) is 0 Å². The van der Waals surface area contributed by atoms with E-state index in [1.54, 1.807) is 22.7 Å². The van der Waals surface area contributed by atoms with Gasteiger partial charge in [-0.1, -0.05) is 30.3 Å². The summed E-state index contributed by atoms with van der Waals surface area (Å²) in [5.41, 5.74) is 5.51. The topological polar surface area (TPSA) is 84.3 Å². The zero-order valence-electron chi connectivity index (χ0n) is 17.8. The molecule has 0 bridgehead atoms. The molecule has 0 saturated carbocycles. The van der Waals surface area contributed by atoms with Gasteiger partial charge in [-0.3, -0.25) is 4.57 Å². The van der Waals surface area contributed by atoms with Crippen LogP contribution in [-0.2, 0) is 6.54 Å². The largest absolute Gasteiger partial charge is 0.361 e. The van der Waals surface area contributed by atoms with E-state index in [9.17, 15) is 0 Å². The first-order chi connectivity index (χ1) is 16.8. The molecule has 9 heteroatoms. The minimum absolute atomic E-state index is 0.496. The molecule has 0 aliphatic carbocycles. The molecule has 0 aliphatic rings. The second-order valence-corrected chi connectivity index (χ2v) is 9.56. The highest BCUT2D eigenvalue weighted by Crippen LogP contribution is 2.34. The van der Waals surface area contributed by atoms with Gasteiger partial charge in [0.2, 0.25) is 0 Å². The molecule has 0 atom stereocenters. The van der Waals surface area contributed by atoms with E-state index in [4.69, 9.17) is 9.97 Å². The number of thiophene rings is 2. The number of hydrogen-bond acceptors (Lipinski definition) is 7. The summed E-state index contributed by atoms with van der Waals surface area (Å²) in [6, 6.07) is 18.4. The van der Waals surface area contributed by atoms with Crippen molar-refractivity contribution >= 4 is 60.8 Å². The van der Waals surface area contributed by atoms with Crippen molar-refractivity contribution < 1.29 is 0 Å². The fraction of sp³-hybridized carbons (Fsp3) is 0.0400. The summed E-state index contributed by atoms with van der Waals surface area (Å²) in [6.45, 7) is 0.496. The number of para-hydroxylation sites is 2. The van der Waals surface area contributed by atoms with Gasteiger partial charge in [0, 0.05) is 26.4 Å². The number of nitrogens with one attached hydrogen (secondary N) is 2. The molecule has 0 radical (unpaired) electrons. The Bertz CT molecular complexity index is 1740. The van der Waals surface area contributed by atoms with Crippen molar-refractivity contribution in [3.8, 4) is 17.1 Å². The van der Waals surface area contributed by atoms with Gasteiger partial charge in [0.25, 0.3) is 0 Å². The maximum absolute atomic E-state index is 4.97. The number of nitrogens with zero attached hydrogens (tertiary/aromatic N) is 5. The third-order valence-corrected chi connectivity index (χ3v) is 7.40. The van der Waals surface area contributed by atoms with Crippen molar-refractivity contribution in [2.75, 3.05) is 5.32 Å². The highest BCUT2D eigenvalue weighted by atomic mass is 32.1. The highest BCUT2D eigenvalue weighted by Gasteiger charge is 2.18. The van der Waals surface area contributed by atoms with Crippen molar-refractivity contribution in [2.45, 2.75) is 6.54 Å². The van der Waals surface area contributed by atoms with Crippen molar-refractivity contribution in [3.63, 3.8) is 0 Å². The van der Waals surface area contributed by atoms with Gasteiger partial charge in [0.1, 0.15) is 12.2 Å². The number of fused-ring (bicyclic) bond motifs is 3. The first-order valence-electron chi connectivity index (χ1n) is 10.8. The van der Waals surface area contributed by atoms with Gasteiger partial charge in [0.15, 0.2) is 22.8 Å². The Kier molecular flexibility index (Phi) is 4.42. The molecule has 164 valence electrons. The third kappa shape index (κ3) is 3.17. The first kappa shape index (κ1) is 19.4. The third-order valence-electron chi connectivity index (χ3n) is 5.76. The molecule has 5 aromatic heterocycles. The van der Waals surface area contributed by atoms with E-state index < -0.39 is 0 Å². The molecule has 0 saturated heterocycles. The van der Waals surface area contributed by atoms with E-state index in [0.717, 1.165) is 44.7 Å². The van der Waals surface area contributed by atoms with Crippen molar-refractivity contribution in [2.24, 2.45) is 0 Å². The molecule has 0 amide bonds. The molecule has 7 rings (SSSR count). The van der Waals surface area contributed by atoms with E-state index in [1.807, 2.05) is 41.2 Å². The average Bonchev–Trinajstić information content (AvgIpc) is 3.66. The molecule has 0 spiro atoms. The molecule has 34 heavy (non-hydrogen) atoms. The Morgan fingerprint density at radius 1 is 0.941 bits per heavy atom. The van der Waals surface area contributed by atoms with Gasteiger partial charge in [-0.25, -0.2) is 19.9 Å². The summed E-state index contributed by atoms with van der Waals surface area (Å²) >= 11 is 3.35. The molecular weight excluding hydrogens is 462 g/mol. The van der Waals surface area contributed by atoms with E-state index in [2.05, 4.69) is 60.7 Å². The van der Waals surface area contributed by atoms with Crippen LogP contribution in [0.4, 0.5) is 5.82 Å². The van der Waals surface area contributed by atoms with Crippen molar-refractivity contribution in [1.29, 1.82) is 0 Å². The number of rotatable bonds is 5. The van der Waals surface area contributed by atoms with E-state index in [0.29, 0.717) is 18.2 Å². The van der Waals surface area contributed by atoms with Gasteiger partial charge < -0.3 is 10.3 Å². The summed E-state index contributed by atoms with van der Waals surface area (Å²) < 4.78 is 3.22. The van der Waals surface area contributed by atoms with Crippen LogP contribution >= 0.6 is 22.7 Å². The maximum Gasteiger partial charge on any atom is 0.170 e. The minimum atomic E-state index is 0.496. The van der Waals surface area contributed by atoms with Gasteiger partial charge in [-0.15, -0.1) is 11.3 Å². The number of aromatic amines is 1. The van der Waals surface area contributed by atoms with Crippen molar-refractivity contribution in [1.82, 2.24) is 29.5 Å². The Morgan fingerprint density at radius 3 is 2.76 bits per heavy atom. The lowest BCUT2D eigenvalue weighted by Crippen LogP contribution is -2.06. The summed E-state index contributed by atoms with van der Waals surface area (Å²) in [5, 5.41) is 10.9. The smallest absolute Gasteiger partial charge is 0.170 e. The zero-order valence-corrected chi connectivity index (χ0v) is 19.4. The number of hydrogen-bond donors (Lipinski definition) is 2. The summed E-state index contributed by atoms with van der Waals surface area (Å²) in [6.07, 6.45) is 1.81. The number of H-pyrrole nitrogens is 1. The fourth-order valence-electron chi connectivity index (χ4n) is 4.13. The Labute approximate surface area is 201 Å². The van der Waals surface area contributed by atoms with Crippen LogP contribution < -0.4 is 5.32 Å². The number of benzene rings is 2. The van der Waals surface area contributed by atoms with Gasteiger partial charge in [-0.2, -0.15) is 11.3 Å². The Balaban J connectivity index is 1.36. The lowest BCUT2D eigenvalue weighted by Gasteiger charge is -2.08. The normalized spacial score (nSPS) is 11.6. The van der Waals surface area contributed by atoms with E-state index in [1.165, 1.54) is 4.70 Å². The van der Waals surface area contributed by atoms with Crippen molar-refractivity contribution in [3.05, 3.63) is 82.9 Å². The molecule has 0 aliphatic heterocycles. The van der Waals surface area contributed by atoms with Crippen LogP contribution in [0.25, 0.3) is 49.4 Å². The molecule has 5 heterocycles. The second kappa shape index (κ2) is 7.75. The number of imidazole rings is 2.